The highest BCUT2D eigenvalue weighted by molar-refractivity contribution is 6.02. The summed E-state index contributed by atoms with van der Waals surface area (Å²) in [5, 5.41) is 11.5. The van der Waals surface area contributed by atoms with Gasteiger partial charge in [0.15, 0.2) is 5.75 Å². The van der Waals surface area contributed by atoms with Crippen LogP contribution in [-0.2, 0) is 9.59 Å². The van der Waals surface area contributed by atoms with Crippen LogP contribution in [0.3, 0.4) is 0 Å². The van der Waals surface area contributed by atoms with Crippen LogP contribution in [0.15, 0.2) is 18.2 Å². The lowest BCUT2D eigenvalue weighted by Crippen LogP contribution is -2.54. The van der Waals surface area contributed by atoms with E-state index in [2.05, 4.69) is 10.2 Å². The Morgan fingerprint density at radius 1 is 1.11 bits per heavy atom. The Kier molecular flexibility index (Phi) is 4.51. The lowest BCUT2D eigenvalue weighted by molar-refractivity contribution is -0.134. The van der Waals surface area contributed by atoms with E-state index in [4.69, 9.17) is 9.84 Å². The second-order valence-corrected chi connectivity index (χ2v) is 6.89. The van der Waals surface area contributed by atoms with Crippen LogP contribution in [-0.4, -0.2) is 73.3 Å². The van der Waals surface area contributed by atoms with Crippen molar-refractivity contribution in [3.05, 3.63) is 18.2 Å². The zero-order valence-corrected chi connectivity index (χ0v) is 14.9. The molecule has 1 atom stereocenters. The third-order valence-electron chi connectivity index (χ3n) is 5.34. The van der Waals surface area contributed by atoms with Crippen molar-refractivity contribution in [2.75, 3.05) is 49.1 Å². The molecule has 0 spiro atoms. The van der Waals surface area contributed by atoms with E-state index < -0.39 is 6.09 Å². The van der Waals surface area contributed by atoms with Gasteiger partial charge in [0.25, 0.3) is 0 Å². The van der Waals surface area contributed by atoms with Crippen molar-refractivity contribution in [3.8, 4) is 5.75 Å². The minimum Gasteiger partial charge on any atom is -0.487 e. The molecule has 3 aliphatic rings. The summed E-state index contributed by atoms with van der Waals surface area (Å²) < 4.78 is 5.95. The first-order valence-corrected chi connectivity index (χ1v) is 9.13. The molecule has 3 amide bonds. The number of hydrogen-bond acceptors (Lipinski definition) is 6. The van der Waals surface area contributed by atoms with Crippen molar-refractivity contribution in [3.63, 3.8) is 0 Å². The summed E-state index contributed by atoms with van der Waals surface area (Å²) in [6, 6.07) is 5.42. The van der Waals surface area contributed by atoms with Gasteiger partial charge >= 0.3 is 6.09 Å². The van der Waals surface area contributed by atoms with Crippen molar-refractivity contribution in [2.45, 2.75) is 18.9 Å². The monoisotopic (exact) mass is 374 g/mol. The number of anilines is 2. The van der Waals surface area contributed by atoms with Crippen LogP contribution in [0.5, 0.6) is 5.75 Å². The summed E-state index contributed by atoms with van der Waals surface area (Å²) in [5.41, 5.74) is 1.75. The Bertz CT molecular complexity index is 775. The SMILES string of the molecule is O=C1CC[C@H](N2CCOc3c(N4CCN(C(=O)O)CC4)cccc32)C(=O)N1. The average Bonchev–Trinajstić information content (AvgIpc) is 2.67. The number of fused-ring (bicyclic) bond motifs is 1. The number of para-hydroxylation sites is 1. The first kappa shape index (κ1) is 17.4. The Hall–Kier alpha value is -2.97. The number of carbonyl (C=O) groups is 3. The van der Waals surface area contributed by atoms with Crippen molar-refractivity contribution < 1.29 is 24.2 Å². The molecule has 0 unspecified atom stereocenters. The van der Waals surface area contributed by atoms with Gasteiger partial charge in [-0.25, -0.2) is 4.79 Å². The molecule has 9 heteroatoms. The second kappa shape index (κ2) is 6.98. The van der Waals surface area contributed by atoms with Gasteiger partial charge in [-0.05, 0) is 18.6 Å². The molecule has 3 aliphatic heterocycles. The van der Waals surface area contributed by atoms with E-state index in [1.54, 1.807) is 0 Å². The van der Waals surface area contributed by atoms with Gasteiger partial charge in [0.2, 0.25) is 11.8 Å². The van der Waals surface area contributed by atoms with E-state index in [0.29, 0.717) is 52.2 Å². The molecule has 0 aromatic heterocycles. The highest BCUT2D eigenvalue weighted by Gasteiger charge is 2.36. The maximum absolute atomic E-state index is 12.3. The number of piperidine rings is 1. The first-order valence-electron chi connectivity index (χ1n) is 9.13. The fourth-order valence-corrected chi connectivity index (χ4v) is 3.94. The van der Waals surface area contributed by atoms with Crippen molar-refractivity contribution in [1.29, 1.82) is 0 Å². The topological polar surface area (TPSA) is 102 Å². The lowest BCUT2D eigenvalue weighted by Gasteiger charge is -2.41. The largest absolute Gasteiger partial charge is 0.487 e. The number of hydrogen-bond donors (Lipinski definition) is 2. The Morgan fingerprint density at radius 2 is 1.85 bits per heavy atom. The van der Waals surface area contributed by atoms with Crippen LogP contribution in [0.25, 0.3) is 0 Å². The molecule has 1 aromatic carbocycles. The summed E-state index contributed by atoms with van der Waals surface area (Å²) >= 11 is 0. The van der Waals surface area contributed by atoms with Crippen LogP contribution in [0.1, 0.15) is 12.8 Å². The van der Waals surface area contributed by atoms with Gasteiger partial charge in [-0.15, -0.1) is 0 Å². The normalized spacial score (nSPS) is 22.8. The van der Waals surface area contributed by atoms with Gasteiger partial charge in [-0.1, -0.05) is 6.07 Å². The highest BCUT2D eigenvalue weighted by atomic mass is 16.5. The van der Waals surface area contributed by atoms with Crippen LogP contribution < -0.4 is 19.9 Å². The molecule has 9 nitrogen and oxygen atoms in total. The number of piperazine rings is 1. The average molecular weight is 374 g/mol. The Morgan fingerprint density at radius 3 is 2.56 bits per heavy atom. The van der Waals surface area contributed by atoms with Gasteiger partial charge in [0.05, 0.1) is 17.9 Å². The number of carbonyl (C=O) groups excluding carboxylic acids is 2. The fourth-order valence-electron chi connectivity index (χ4n) is 3.94. The molecule has 4 rings (SSSR count). The molecule has 2 N–H and O–H groups in total. The molecule has 1 aromatic rings. The number of imide groups is 1. The van der Waals surface area contributed by atoms with Crippen LogP contribution in [0, 0.1) is 0 Å². The molecule has 0 radical (unpaired) electrons. The number of nitrogens with one attached hydrogen (secondary N) is 1. The van der Waals surface area contributed by atoms with E-state index in [9.17, 15) is 14.4 Å². The van der Waals surface area contributed by atoms with E-state index in [-0.39, 0.29) is 17.9 Å². The van der Waals surface area contributed by atoms with Gasteiger partial charge in [-0.3, -0.25) is 14.9 Å². The predicted molar refractivity (Wildman–Crippen MR) is 97.3 cm³/mol. The van der Waals surface area contributed by atoms with Crippen molar-refractivity contribution >= 4 is 29.3 Å². The van der Waals surface area contributed by atoms with Gasteiger partial charge < -0.3 is 24.5 Å². The summed E-state index contributed by atoms with van der Waals surface area (Å²) in [4.78, 5) is 40.4. The third-order valence-corrected chi connectivity index (χ3v) is 5.34. The second-order valence-electron chi connectivity index (χ2n) is 6.89. The molecule has 2 fully saturated rings. The number of ether oxygens (including phenoxy) is 1. The van der Waals surface area contributed by atoms with Crippen LogP contribution in [0.4, 0.5) is 16.2 Å². The molecule has 0 bridgehead atoms. The maximum atomic E-state index is 12.3. The number of amides is 3. The Labute approximate surface area is 156 Å². The van der Waals surface area contributed by atoms with E-state index in [0.717, 1.165) is 17.1 Å². The molecular weight excluding hydrogens is 352 g/mol. The smallest absolute Gasteiger partial charge is 0.407 e. The molecule has 0 aliphatic carbocycles. The first-order chi connectivity index (χ1) is 13.0. The van der Waals surface area contributed by atoms with Gasteiger partial charge in [0, 0.05) is 32.6 Å². The Balaban J connectivity index is 1.58. The fraction of sp³-hybridized carbons (Fsp3) is 0.500. The van der Waals surface area contributed by atoms with Crippen LogP contribution in [0.2, 0.25) is 0 Å². The number of benzene rings is 1. The van der Waals surface area contributed by atoms with E-state index in [1.807, 2.05) is 23.1 Å². The third kappa shape index (κ3) is 3.24. The number of nitrogens with zero attached hydrogens (tertiary/aromatic N) is 3. The quantitative estimate of drug-likeness (QED) is 0.727. The van der Waals surface area contributed by atoms with Crippen molar-refractivity contribution in [2.24, 2.45) is 0 Å². The summed E-state index contributed by atoms with van der Waals surface area (Å²) in [6.45, 7) is 3.09. The maximum Gasteiger partial charge on any atom is 0.407 e. The molecule has 2 saturated heterocycles. The molecule has 144 valence electrons. The zero-order valence-electron chi connectivity index (χ0n) is 14.9. The predicted octanol–water partition coefficient (Wildman–Crippen LogP) is 0.491. The molecule has 0 saturated carbocycles. The lowest BCUT2D eigenvalue weighted by atomic mass is 10.0. The van der Waals surface area contributed by atoms with E-state index >= 15 is 0 Å². The minimum absolute atomic E-state index is 0.227. The van der Waals surface area contributed by atoms with E-state index in [1.165, 1.54) is 4.90 Å². The van der Waals surface area contributed by atoms with Crippen LogP contribution >= 0.6 is 0 Å². The standard InChI is InChI=1S/C18H22N4O5/c23-15-5-4-14(17(24)19-15)22-10-11-27-16-12(2-1-3-13(16)22)20-6-8-21(9-7-20)18(25)26/h1-3,14H,4-11H2,(H,25,26)(H,19,23,24)/t14-/m0/s1. The number of rotatable bonds is 2. The minimum atomic E-state index is -0.898. The zero-order chi connectivity index (χ0) is 19.0. The molecule has 3 heterocycles. The van der Waals surface area contributed by atoms with Gasteiger partial charge in [-0.2, -0.15) is 0 Å². The summed E-state index contributed by atoms with van der Waals surface area (Å²) in [7, 11) is 0. The molecular formula is C18H22N4O5. The number of carboxylic acid groups (broad SMARTS) is 1. The highest BCUT2D eigenvalue weighted by Crippen LogP contribution is 2.42. The summed E-state index contributed by atoms with van der Waals surface area (Å²) in [6.07, 6.45) is -0.0732. The summed E-state index contributed by atoms with van der Waals surface area (Å²) in [5.74, 6) is 0.228. The molecule has 27 heavy (non-hydrogen) atoms. The van der Waals surface area contributed by atoms with Crippen molar-refractivity contribution in [1.82, 2.24) is 10.2 Å². The van der Waals surface area contributed by atoms with Gasteiger partial charge in [0.1, 0.15) is 12.6 Å².